The lowest BCUT2D eigenvalue weighted by Crippen LogP contribution is -2.40. The van der Waals surface area contributed by atoms with E-state index in [2.05, 4.69) is 4.98 Å². The van der Waals surface area contributed by atoms with Gasteiger partial charge in [-0.05, 0) is 29.5 Å². The summed E-state index contributed by atoms with van der Waals surface area (Å²) < 4.78 is 30.0. The standard InChI is InChI=1S/C16H15N3O2S2/c20-23(21,16-6-3-9-22-16)19-11-14(18-8-7-17-12-18)10-13-4-1-2-5-15(13)19/h1-9,12,14H,10-11H2/t14-/m0/s1. The highest BCUT2D eigenvalue weighted by Crippen LogP contribution is 2.36. The Bertz CT molecular complexity index is 903. The first kappa shape index (κ1) is 14.5. The van der Waals surface area contributed by atoms with Crippen LogP contribution in [0.2, 0.25) is 0 Å². The van der Waals surface area contributed by atoms with E-state index in [-0.39, 0.29) is 6.04 Å². The highest BCUT2D eigenvalue weighted by molar-refractivity contribution is 7.94. The molecular weight excluding hydrogens is 330 g/mol. The highest BCUT2D eigenvalue weighted by atomic mass is 32.2. The number of para-hydroxylation sites is 1. The number of imidazole rings is 1. The topological polar surface area (TPSA) is 55.2 Å². The molecule has 0 fully saturated rings. The summed E-state index contributed by atoms with van der Waals surface area (Å²) in [6.07, 6.45) is 6.14. The van der Waals surface area contributed by atoms with E-state index in [1.165, 1.54) is 15.6 Å². The Kier molecular flexibility index (Phi) is 3.46. The monoisotopic (exact) mass is 345 g/mol. The van der Waals surface area contributed by atoms with Crippen molar-refractivity contribution in [3.8, 4) is 0 Å². The van der Waals surface area contributed by atoms with Gasteiger partial charge in [-0.15, -0.1) is 11.3 Å². The molecule has 7 heteroatoms. The van der Waals surface area contributed by atoms with E-state index in [4.69, 9.17) is 0 Å². The first-order valence-corrected chi connectivity index (χ1v) is 9.60. The smallest absolute Gasteiger partial charge is 0.273 e. The Balaban J connectivity index is 1.82. The molecule has 0 radical (unpaired) electrons. The molecule has 0 bridgehead atoms. The van der Waals surface area contributed by atoms with Gasteiger partial charge < -0.3 is 4.57 Å². The second kappa shape index (κ2) is 5.50. The lowest BCUT2D eigenvalue weighted by molar-refractivity contribution is 0.487. The third-order valence-electron chi connectivity index (χ3n) is 4.08. The second-order valence-electron chi connectivity index (χ2n) is 5.46. The maximum absolute atomic E-state index is 13.0. The Morgan fingerprint density at radius 3 is 2.78 bits per heavy atom. The number of sulfonamides is 1. The number of aromatic nitrogens is 2. The average molecular weight is 345 g/mol. The third-order valence-corrected chi connectivity index (χ3v) is 7.23. The number of rotatable bonds is 3. The number of anilines is 1. The van der Waals surface area contributed by atoms with Crippen LogP contribution in [-0.4, -0.2) is 24.5 Å². The van der Waals surface area contributed by atoms with E-state index in [9.17, 15) is 8.42 Å². The molecule has 0 spiro atoms. The van der Waals surface area contributed by atoms with Crippen LogP contribution in [0, 0.1) is 0 Å². The van der Waals surface area contributed by atoms with Crippen LogP contribution in [0.25, 0.3) is 0 Å². The Morgan fingerprint density at radius 2 is 2.04 bits per heavy atom. The van der Waals surface area contributed by atoms with Crippen LogP contribution in [0.5, 0.6) is 0 Å². The molecule has 5 nitrogen and oxygen atoms in total. The largest absolute Gasteiger partial charge is 0.332 e. The maximum atomic E-state index is 13.0. The number of nitrogens with zero attached hydrogens (tertiary/aromatic N) is 3. The normalized spacial score (nSPS) is 17.9. The van der Waals surface area contributed by atoms with Crippen LogP contribution in [-0.2, 0) is 16.4 Å². The first-order chi connectivity index (χ1) is 11.2. The molecule has 23 heavy (non-hydrogen) atoms. The number of hydrogen-bond acceptors (Lipinski definition) is 4. The molecule has 0 saturated heterocycles. The van der Waals surface area contributed by atoms with Crippen LogP contribution in [0.15, 0.2) is 64.7 Å². The molecule has 0 saturated carbocycles. The molecule has 0 aliphatic carbocycles. The zero-order valence-corrected chi connectivity index (χ0v) is 13.9. The molecule has 4 rings (SSSR count). The molecule has 0 unspecified atom stereocenters. The van der Waals surface area contributed by atoms with Gasteiger partial charge in [0.2, 0.25) is 0 Å². The summed E-state index contributed by atoms with van der Waals surface area (Å²) in [6, 6.07) is 11.2. The minimum Gasteiger partial charge on any atom is -0.332 e. The molecule has 0 amide bonds. The van der Waals surface area contributed by atoms with E-state index in [1.807, 2.05) is 35.0 Å². The van der Waals surface area contributed by atoms with E-state index in [0.29, 0.717) is 10.8 Å². The maximum Gasteiger partial charge on any atom is 0.273 e. The van der Waals surface area contributed by atoms with Crippen molar-refractivity contribution < 1.29 is 8.42 Å². The molecule has 2 aromatic heterocycles. The summed E-state index contributed by atoms with van der Waals surface area (Å²) in [5.74, 6) is 0. The summed E-state index contributed by atoms with van der Waals surface area (Å²) in [5, 5.41) is 1.79. The third kappa shape index (κ3) is 2.46. The Hall–Kier alpha value is -2.12. The Morgan fingerprint density at radius 1 is 1.17 bits per heavy atom. The lowest BCUT2D eigenvalue weighted by Gasteiger charge is -2.35. The molecule has 1 aliphatic rings. The van der Waals surface area contributed by atoms with Crippen molar-refractivity contribution in [2.75, 3.05) is 10.8 Å². The van der Waals surface area contributed by atoms with Gasteiger partial charge >= 0.3 is 0 Å². The predicted molar refractivity (Wildman–Crippen MR) is 90.3 cm³/mol. The van der Waals surface area contributed by atoms with Crippen molar-refractivity contribution >= 4 is 27.0 Å². The predicted octanol–water partition coefficient (Wildman–Crippen LogP) is 2.94. The van der Waals surface area contributed by atoms with Crippen molar-refractivity contribution in [1.29, 1.82) is 0 Å². The molecule has 0 N–H and O–H groups in total. The van der Waals surface area contributed by atoms with Gasteiger partial charge in [0.05, 0.1) is 24.6 Å². The van der Waals surface area contributed by atoms with E-state index in [0.717, 1.165) is 17.7 Å². The van der Waals surface area contributed by atoms with Crippen LogP contribution in [0.4, 0.5) is 5.69 Å². The number of thiophene rings is 1. The lowest BCUT2D eigenvalue weighted by atomic mass is 10.00. The summed E-state index contributed by atoms with van der Waals surface area (Å²) in [7, 11) is -3.54. The van der Waals surface area contributed by atoms with Crippen LogP contribution in [0.1, 0.15) is 11.6 Å². The minimum absolute atomic E-state index is 0.0436. The number of hydrogen-bond donors (Lipinski definition) is 0. The van der Waals surface area contributed by atoms with Crippen LogP contribution >= 0.6 is 11.3 Å². The number of fused-ring (bicyclic) bond motifs is 1. The summed E-state index contributed by atoms with van der Waals surface area (Å²) in [5.41, 5.74) is 1.81. The molecule has 3 aromatic rings. The fourth-order valence-corrected chi connectivity index (χ4v) is 5.61. The van der Waals surface area contributed by atoms with Gasteiger partial charge in [-0.2, -0.15) is 0 Å². The van der Waals surface area contributed by atoms with Crippen molar-refractivity contribution in [3.05, 3.63) is 66.1 Å². The SMILES string of the molecule is O=S(=O)(c1cccs1)N1C[C@@H](n2ccnc2)Cc2ccccc21. The quantitative estimate of drug-likeness (QED) is 0.733. The molecule has 1 aliphatic heterocycles. The van der Waals surface area contributed by atoms with Crippen molar-refractivity contribution in [2.45, 2.75) is 16.7 Å². The van der Waals surface area contributed by atoms with Gasteiger partial charge in [0.15, 0.2) is 0 Å². The summed E-state index contributed by atoms with van der Waals surface area (Å²) >= 11 is 1.25. The van der Waals surface area contributed by atoms with E-state index < -0.39 is 10.0 Å². The first-order valence-electron chi connectivity index (χ1n) is 7.28. The summed E-state index contributed by atoms with van der Waals surface area (Å²) in [6.45, 7) is 0.410. The van der Waals surface area contributed by atoms with Gasteiger partial charge in [-0.25, -0.2) is 13.4 Å². The fourth-order valence-electron chi connectivity index (χ4n) is 2.97. The molecule has 3 heterocycles. The second-order valence-corrected chi connectivity index (χ2v) is 8.50. The Labute approximate surface area is 138 Å². The number of benzene rings is 1. The van der Waals surface area contributed by atoms with Gasteiger partial charge in [0.1, 0.15) is 4.21 Å². The van der Waals surface area contributed by atoms with Crippen LogP contribution in [0.3, 0.4) is 0 Å². The molecule has 1 aromatic carbocycles. The van der Waals surface area contributed by atoms with Crippen LogP contribution < -0.4 is 4.31 Å². The average Bonchev–Trinajstić information content (AvgIpc) is 3.27. The molecule has 118 valence electrons. The molecule has 1 atom stereocenters. The highest BCUT2D eigenvalue weighted by Gasteiger charge is 2.34. The van der Waals surface area contributed by atoms with E-state index >= 15 is 0 Å². The van der Waals surface area contributed by atoms with Crippen molar-refractivity contribution in [2.24, 2.45) is 0 Å². The van der Waals surface area contributed by atoms with Gasteiger partial charge in [0, 0.05) is 12.4 Å². The zero-order valence-electron chi connectivity index (χ0n) is 12.2. The molecular formula is C16H15N3O2S2. The summed E-state index contributed by atoms with van der Waals surface area (Å²) in [4.78, 5) is 4.09. The van der Waals surface area contributed by atoms with Gasteiger partial charge in [-0.3, -0.25) is 4.31 Å². The van der Waals surface area contributed by atoms with Gasteiger partial charge in [-0.1, -0.05) is 24.3 Å². The van der Waals surface area contributed by atoms with Gasteiger partial charge in [0.25, 0.3) is 10.0 Å². The van der Waals surface area contributed by atoms with E-state index in [1.54, 1.807) is 30.0 Å². The fraction of sp³-hybridized carbons (Fsp3) is 0.188. The zero-order chi connectivity index (χ0) is 15.9. The van der Waals surface area contributed by atoms with Crippen molar-refractivity contribution in [1.82, 2.24) is 9.55 Å². The van der Waals surface area contributed by atoms with Crippen molar-refractivity contribution in [3.63, 3.8) is 0 Å². The minimum atomic E-state index is -3.54.